The molecule has 0 fully saturated rings. The van der Waals surface area contributed by atoms with E-state index in [2.05, 4.69) is 15.0 Å². The third-order valence-corrected chi connectivity index (χ3v) is 1.48. The zero-order chi connectivity index (χ0) is 11.4. The van der Waals surface area contributed by atoms with Crippen LogP contribution in [0.5, 0.6) is 5.88 Å². The Bertz CT molecular complexity index is 346. The highest BCUT2D eigenvalue weighted by Crippen LogP contribution is 2.20. The van der Waals surface area contributed by atoms with Gasteiger partial charge in [0.15, 0.2) is 24.1 Å². The average molecular weight is 224 g/mol. The summed E-state index contributed by atoms with van der Waals surface area (Å²) in [5, 5.41) is 2.33. The number of halogens is 4. The van der Waals surface area contributed by atoms with Gasteiger partial charge in [-0.15, -0.1) is 0 Å². The van der Waals surface area contributed by atoms with E-state index >= 15 is 0 Å². The molecule has 0 unspecified atom stereocenters. The van der Waals surface area contributed by atoms with Gasteiger partial charge in [-0.3, -0.25) is 0 Å². The molecule has 0 saturated heterocycles. The van der Waals surface area contributed by atoms with Crippen molar-refractivity contribution in [1.29, 1.82) is 0 Å². The van der Waals surface area contributed by atoms with E-state index in [0.29, 0.717) is 6.07 Å². The molecule has 0 aliphatic carbocycles. The second-order valence-electron chi connectivity index (χ2n) is 2.56. The molecule has 3 nitrogen and oxygen atoms in total. The molecule has 1 aromatic heterocycles. The van der Waals surface area contributed by atoms with Gasteiger partial charge in [-0.2, -0.15) is 4.98 Å². The van der Waals surface area contributed by atoms with Crippen molar-refractivity contribution in [2.45, 2.75) is 6.43 Å². The van der Waals surface area contributed by atoms with Gasteiger partial charge in [-0.25, -0.2) is 17.6 Å². The fourth-order valence-corrected chi connectivity index (χ4v) is 0.868. The molecule has 0 aliphatic rings. The maximum atomic E-state index is 12.9. The van der Waals surface area contributed by atoms with E-state index in [9.17, 15) is 17.6 Å². The van der Waals surface area contributed by atoms with E-state index in [4.69, 9.17) is 0 Å². The lowest BCUT2D eigenvalue weighted by Crippen LogP contribution is -2.10. The topological polar surface area (TPSA) is 34.2 Å². The van der Waals surface area contributed by atoms with Gasteiger partial charge in [0.25, 0.3) is 12.3 Å². The third kappa shape index (κ3) is 2.97. The molecule has 1 rings (SSSR count). The fourth-order valence-electron chi connectivity index (χ4n) is 0.868. The van der Waals surface area contributed by atoms with Crippen molar-refractivity contribution in [3.05, 3.63) is 17.7 Å². The molecule has 0 atom stereocenters. The lowest BCUT2D eigenvalue weighted by molar-refractivity contribution is 0.0773. The molecular formula is C8H8F4N2O. The summed E-state index contributed by atoms with van der Waals surface area (Å²) >= 11 is 0. The normalized spacial score (nSPS) is 10.5. The van der Waals surface area contributed by atoms with Gasteiger partial charge in [0.05, 0.1) is 0 Å². The predicted octanol–water partition coefficient (Wildman–Crippen LogP) is 2.05. The molecule has 0 radical (unpaired) electrons. The Hall–Kier alpha value is -1.53. The number of hydrogen-bond acceptors (Lipinski definition) is 3. The highest BCUT2D eigenvalue weighted by Gasteiger charge is 2.13. The Labute approximate surface area is 83.1 Å². The average Bonchev–Trinajstić information content (AvgIpc) is 2.16. The number of nitrogens with zero attached hydrogens (tertiary/aromatic N) is 1. The van der Waals surface area contributed by atoms with Crippen LogP contribution in [-0.2, 0) is 0 Å². The van der Waals surface area contributed by atoms with Crippen LogP contribution < -0.4 is 10.1 Å². The second kappa shape index (κ2) is 4.81. The minimum absolute atomic E-state index is 0.263. The third-order valence-electron chi connectivity index (χ3n) is 1.48. The quantitative estimate of drug-likeness (QED) is 0.794. The molecule has 0 spiro atoms. The van der Waals surface area contributed by atoms with Crippen LogP contribution in [0.2, 0.25) is 0 Å². The molecule has 15 heavy (non-hydrogen) atoms. The van der Waals surface area contributed by atoms with Gasteiger partial charge < -0.3 is 10.1 Å². The van der Waals surface area contributed by atoms with Crippen LogP contribution >= 0.6 is 0 Å². The van der Waals surface area contributed by atoms with Crippen molar-refractivity contribution in [2.75, 3.05) is 19.0 Å². The van der Waals surface area contributed by atoms with E-state index in [1.165, 1.54) is 7.05 Å². The predicted molar refractivity (Wildman–Crippen MR) is 45.2 cm³/mol. The Kier molecular flexibility index (Phi) is 3.70. The minimum atomic E-state index is -2.74. The first kappa shape index (κ1) is 11.5. The summed E-state index contributed by atoms with van der Waals surface area (Å²) < 4.78 is 53.6. The van der Waals surface area contributed by atoms with Gasteiger partial charge in [0.1, 0.15) is 0 Å². The second-order valence-corrected chi connectivity index (χ2v) is 2.56. The molecule has 1 aromatic rings. The number of pyridine rings is 1. The van der Waals surface area contributed by atoms with Crippen LogP contribution in [0.25, 0.3) is 0 Å². The summed E-state index contributed by atoms with van der Waals surface area (Å²) in [6.07, 6.45) is -2.74. The van der Waals surface area contributed by atoms with E-state index in [-0.39, 0.29) is 5.82 Å². The van der Waals surface area contributed by atoms with Crippen LogP contribution in [0, 0.1) is 11.6 Å². The van der Waals surface area contributed by atoms with Crippen molar-refractivity contribution >= 4 is 5.82 Å². The molecule has 7 heteroatoms. The molecule has 1 heterocycles. The number of aromatic nitrogens is 1. The van der Waals surface area contributed by atoms with Crippen LogP contribution in [-0.4, -0.2) is 25.1 Å². The standard InChI is InChI=1S/C8H8F4N2O/c1-13-7-4(9)2-5(10)8(14-7)15-3-6(11)12/h2,6H,3H2,1H3,(H,13,14). The SMILES string of the molecule is CNc1nc(OCC(F)F)c(F)cc1F. The van der Waals surface area contributed by atoms with Crippen molar-refractivity contribution in [1.82, 2.24) is 4.98 Å². The Morgan fingerprint density at radius 1 is 1.40 bits per heavy atom. The zero-order valence-corrected chi connectivity index (χ0v) is 7.73. The number of ether oxygens (including phenoxy) is 1. The van der Waals surface area contributed by atoms with Crippen LogP contribution in [0.4, 0.5) is 23.4 Å². The summed E-state index contributed by atoms with van der Waals surface area (Å²) in [6.45, 7) is -0.987. The highest BCUT2D eigenvalue weighted by atomic mass is 19.3. The van der Waals surface area contributed by atoms with E-state index in [1.807, 2.05) is 0 Å². The monoisotopic (exact) mass is 224 g/mol. The molecule has 0 saturated carbocycles. The largest absolute Gasteiger partial charge is 0.469 e. The number of nitrogens with one attached hydrogen (secondary N) is 1. The van der Waals surface area contributed by atoms with Gasteiger partial charge in [0, 0.05) is 13.1 Å². The number of hydrogen-bond donors (Lipinski definition) is 1. The molecule has 0 amide bonds. The molecule has 0 bridgehead atoms. The van der Waals surface area contributed by atoms with Crippen molar-refractivity contribution in [3.8, 4) is 5.88 Å². The van der Waals surface area contributed by atoms with Gasteiger partial charge in [-0.1, -0.05) is 0 Å². The molecular weight excluding hydrogens is 216 g/mol. The lowest BCUT2D eigenvalue weighted by atomic mass is 10.4. The molecule has 0 aromatic carbocycles. The maximum Gasteiger partial charge on any atom is 0.272 e. The summed E-state index contributed by atoms with van der Waals surface area (Å²) in [6, 6.07) is 0.514. The fraction of sp³-hybridized carbons (Fsp3) is 0.375. The summed E-state index contributed by atoms with van der Waals surface area (Å²) in [5.41, 5.74) is 0. The van der Waals surface area contributed by atoms with E-state index in [0.717, 1.165) is 0 Å². The Morgan fingerprint density at radius 2 is 2.07 bits per heavy atom. The lowest BCUT2D eigenvalue weighted by Gasteiger charge is -2.08. The van der Waals surface area contributed by atoms with E-state index < -0.39 is 30.5 Å². The van der Waals surface area contributed by atoms with Crippen LogP contribution in [0.3, 0.4) is 0 Å². The summed E-state index contributed by atoms with van der Waals surface area (Å²) in [4.78, 5) is 3.35. The first-order chi connectivity index (χ1) is 7.04. The molecule has 84 valence electrons. The minimum Gasteiger partial charge on any atom is -0.469 e. The van der Waals surface area contributed by atoms with Gasteiger partial charge >= 0.3 is 0 Å². The van der Waals surface area contributed by atoms with Crippen molar-refractivity contribution in [2.24, 2.45) is 0 Å². The van der Waals surface area contributed by atoms with Crippen molar-refractivity contribution < 1.29 is 22.3 Å². The molecule has 0 aliphatic heterocycles. The van der Waals surface area contributed by atoms with Gasteiger partial charge in [-0.05, 0) is 0 Å². The summed E-state index contributed by atoms with van der Waals surface area (Å²) in [7, 11) is 1.36. The summed E-state index contributed by atoms with van der Waals surface area (Å²) in [5.74, 6) is -2.95. The Morgan fingerprint density at radius 3 is 2.60 bits per heavy atom. The number of alkyl halides is 2. The number of anilines is 1. The maximum absolute atomic E-state index is 12.9. The van der Waals surface area contributed by atoms with E-state index in [1.54, 1.807) is 0 Å². The van der Waals surface area contributed by atoms with Crippen LogP contribution in [0.1, 0.15) is 0 Å². The smallest absolute Gasteiger partial charge is 0.272 e. The van der Waals surface area contributed by atoms with Gasteiger partial charge in [0.2, 0.25) is 0 Å². The van der Waals surface area contributed by atoms with Crippen LogP contribution in [0.15, 0.2) is 6.07 Å². The zero-order valence-electron chi connectivity index (χ0n) is 7.73. The first-order valence-corrected chi connectivity index (χ1v) is 3.99. The molecule has 1 N–H and O–H groups in total. The van der Waals surface area contributed by atoms with Crippen molar-refractivity contribution in [3.63, 3.8) is 0 Å². The first-order valence-electron chi connectivity index (χ1n) is 3.99. The number of rotatable bonds is 4. The Balaban J connectivity index is 2.87. The highest BCUT2D eigenvalue weighted by molar-refractivity contribution is 5.38.